The summed E-state index contributed by atoms with van der Waals surface area (Å²) in [6, 6.07) is 0. The van der Waals surface area contributed by atoms with Crippen LogP contribution in [0.2, 0.25) is 0 Å². The molecule has 1 heterocycles. The quantitative estimate of drug-likeness (QED) is 0.666. The SMILES string of the molecule is COCCNc1ncc(CO)c(C)n1. The summed E-state index contributed by atoms with van der Waals surface area (Å²) >= 11 is 0. The largest absolute Gasteiger partial charge is 0.392 e. The summed E-state index contributed by atoms with van der Waals surface area (Å²) in [7, 11) is 1.64. The molecule has 0 aliphatic heterocycles. The second-order valence-corrected chi connectivity index (χ2v) is 2.88. The van der Waals surface area contributed by atoms with Gasteiger partial charge in [0.1, 0.15) is 0 Å². The zero-order chi connectivity index (χ0) is 10.4. The molecule has 78 valence electrons. The number of hydrogen-bond donors (Lipinski definition) is 2. The summed E-state index contributed by atoms with van der Waals surface area (Å²) in [4.78, 5) is 8.22. The fraction of sp³-hybridized carbons (Fsp3) is 0.556. The first-order valence-electron chi connectivity index (χ1n) is 4.44. The number of anilines is 1. The fourth-order valence-corrected chi connectivity index (χ4v) is 0.997. The predicted octanol–water partition coefficient (Wildman–Crippen LogP) is 0.336. The van der Waals surface area contributed by atoms with Crippen LogP contribution in [0.5, 0.6) is 0 Å². The second-order valence-electron chi connectivity index (χ2n) is 2.88. The standard InChI is InChI=1S/C9H15N3O2/c1-7-8(6-13)5-11-9(12-7)10-3-4-14-2/h5,13H,3-4,6H2,1-2H3,(H,10,11,12). The van der Waals surface area contributed by atoms with E-state index < -0.39 is 0 Å². The van der Waals surface area contributed by atoms with Gasteiger partial charge < -0.3 is 15.2 Å². The first-order valence-corrected chi connectivity index (χ1v) is 4.44. The number of aliphatic hydroxyl groups is 1. The van der Waals surface area contributed by atoms with Gasteiger partial charge in [-0.15, -0.1) is 0 Å². The maximum absolute atomic E-state index is 8.90. The molecule has 0 saturated heterocycles. The van der Waals surface area contributed by atoms with Gasteiger partial charge in [-0.1, -0.05) is 0 Å². The summed E-state index contributed by atoms with van der Waals surface area (Å²) in [6.07, 6.45) is 1.62. The lowest BCUT2D eigenvalue weighted by atomic mass is 10.3. The highest BCUT2D eigenvalue weighted by Gasteiger charge is 2.00. The van der Waals surface area contributed by atoms with E-state index >= 15 is 0 Å². The number of aliphatic hydroxyl groups excluding tert-OH is 1. The van der Waals surface area contributed by atoms with Gasteiger partial charge in [0.2, 0.25) is 5.95 Å². The molecule has 0 aliphatic rings. The Morgan fingerprint density at radius 3 is 2.93 bits per heavy atom. The van der Waals surface area contributed by atoms with E-state index in [4.69, 9.17) is 9.84 Å². The van der Waals surface area contributed by atoms with Crippen molar-refractivity contribution < 1.29 is 9.84 Å². The molecule has 0 unspecified atom stereocenters. The van der Waals surface area contributed by atoms with Crippen molar-refractivity contribution in [3.63, 3.8) is 0 Å². The van der Waals surface area contributed by atoms with Crippen molar-refractivity contribution in [1.82, 2.24) is 9.97 Å². The molecule has 0 radical (unpaired) electrons. The number of methoxy groups -OCH3 is 1. The first-order chi connectivity index (χ1) is 6.77. The number of aromatic nitrogens is 2. The van der Waals surface area contributed by atoms with Gasteiger partial charge in [0.05, 0.1) is 13.2 Å². The monoisotopic (exact) mass is 197 g/mol. The molecule has 5 heteroatoms. The molecule has 1 aromatic heterocycles. The van der Waals surface area contributed by atoms with Gasteiger partial charge in [-0.3, -0.25) is 0 Å². The van der Waals surface area contributed by atoms with Gasteiger partial charge in [0, 0.05) is 31.1 Å². The van der Waals surface area contributed by atoms with Crippen LogP contribution in [0, 0.1) is 6.92 Å². The molecule has 0 aliphatic carbocycles. The normalized spacial score (nSPS) is 10.2. The number of nitrogens with one attached hydrogen (secondary N) is 1. The number of nitrogens with zero attached hydrogens (tertiary/aromatic N) is 2. The Balaban J connectivity index is 2.57. The molecule has 14 heavy (non-hydrogen) atoms. The number of hydrogen-bond acceptors (Lipinski definition) is 5. The van der Waals surface area contributed by atoms with Gasteiger partial charge in [0.15, 0.2) is 0 Å². The average Bonchev–Trinajstić information content (AvgIpc) is 2.18. The molecule has 1 rings (SSSR count). The molecule has 0 atom stereocenters. The molecule has 5 nitrogen and oxygen atoms in total. The van der Waals surface area contributed by atoms with E-state index in [0.717, 1.165) is 11.3 Å². The third-order valence-corrected chi connectivity index (χ3v) is 1.84. The third kappa shape index (κ3) is 2.93. The van der Waals surface area contributed by atoms with Crippen molar-refractivity contribution in [3.8, 4) is 0 Å². The predicted molar refractivity (Wildman–Crippen MR) is 53.1 cm³/mol. The molecular formula is C9H15N3O2. The lowest BCUT2D eigenvalue weighted by molar-refractivity contribution is 0.210. The third-order valence-electron chi connectivity index (χ3n) is 1.84. The van der Waals surface area contributed by atoms with Gasteiger partial charge in [-0.2, -0.15) is 0 Å². The van der Waals surface area contributed by atoms with Crippen molar-refractivity contribution in [1.29, 1.82) is 0 Å². The summed E-state index contributed by atoms with van der Waals surface area (Å²) in [5.74, 6) is 0.566. The summed E-state index contributed by atoms with van der Waals surface area (Å²) in [6.45, 7) is 3.11. The van der Waals surface area contributed by atoms with Gasteiger partial charge in [0.25, 0.3) is 0 Å². The van der Waals surface area contributed by atoms with Gasteiger partial charge in [-0.05, 0) is 6.92 Å². The Morgan fingerprint density at radius 1 is 1.57 bits per heavy atom. The lowest BCUT2D eigenvalue weighted by Gasteiger charge is -2.06. The molecule has 1 aromatic rings. The smallest absolute Gasteiger partial charge is 0.222 e. The average molecular weight is 197 g/mol. The highest BCUT2D eigenvalue weighted by Crippen LogP contribution is 2.06. The van der Waals surface area contributed by atoms with Crippen LogP contribution in [-0.4, -0.2) is 35.3 Å². The molecule has 0 bridgehead atoms. The van der Waals surface area contributed by atoms with Crippen LogP contribution in [0.15, 0.2) is 6.20 Å². The Labute approximate surface area is 83.2 Å². The first kappa shape index (κ1) is 10.9. The van der Waals surface area contributed by atoms with Crippen LogP contribution in [0.4, 0.5) is 5.95 Å². The minimum Gasteiger partial charge on any atom is -0.392 e. The van der Waals surface area contributed by atoms with E-state index in [2.05, 4.69) is 15.3 Å². The Morgan fingerprint density at radius 2 is 2.36 bits per heavy atom. The fourth-order valence-electron chi connectivity index (χ4n) is 0.997. The lowest BCUT2D eigenvalue weighted by Crippen LogP contribution is -2.11. The molecule has 2 N–H and O–H groups in total. The Bertz CT molecular complexity index is 291. The van der Waals surface area contributed by atoms with Crippen LogP contribution in [0.25, 0.3) is 0 Å². The molecular weight excluding hydrogens is 182 g/mol. The van der Waals surface area contributed by atoms with Crippen LogP contribution in [-0.2, 0) is 11.3 Å². The van der Waals surface area contributed by atoms with Gasteiger partial charge >= 0.3 is 0 Å². The maximum atomic E-state index is 8.90. The second kappa shape index (κ2) is 5.51. The van der Waals surface area contributed by atoms with E-state index in [-0.39, 0.29) is 6.61 Å². The zero-order valence-corrected chi connectivity index (χ0v) is 8.45. The van der Waals surface area contributed by atoms with E-state index in [1.54, 1.807) is 13.3 Å². The highest BCUT2D eigenvalue weighted by atomic mass is 16.5. The molecule has 0 spiro atoms. The van der Waals surface area contributed by atoms with Crippen molar-refractivity contribution in [2.45, 2.75) is 13.5 Å². The Kier molecular flexibility index (Phi) is 4.28. The summed E-state index contributed by atoms with van der Waals surface area (Å²) in [5.41, 5.74) is 1.55. The Hall–Kier alpha value is -1.20. The molecule has 0 saturated carbocycles. The van der Waals surface area contributed by atoms with Crippen LogP contribution < -0.4 is 5.32 Å². The summed E-state index contributed by atoms with van der Waals surface area (Å²) < 4.78 is 4.88. The van der Waals surface area contributed by atoms with Crippen molar-refractivity contribution >= 4 is 5.95 Å². The minimum atomic E-state index is -0.0236. The molecule has 0 aromatic carbocycles. The van der Waals surface area contributed by atoms with Gasteiger partial charge in [-0.25, -0.2) is 9.97 Å². The number of rotatable bonds is 5. The van der Waals surface area contributed by atoms with Crippen LogP contribution >= 0.6 is 0 Å². The van der Waals surface area contributed by atoms with E-state index in [1.165, 1.54) is 0 Å². The number of ether oxygens (including phenoxy) is 1. The van der Waals surface area contributed by atoms with E-state index in [9.17, 15) is 0 Å². The van der Waals surface area contributed by atoms with E-state index in [0.29, 0.717) is 19.1 Å². The number of aryl methyl sites for hydroxylation is 1. The van der Waals surface area contributed by atoms with Crippen molar-refractivity contribution in [2.75, 3.05) is 25.6 Å². The topological polar surface area (TPSA) is 67.3 Å². The zero-order valence-electron chi connectivity index (χ0n) is 8.45. The maximum Gasteiger partial charge on any atom is 0.222 e. The molecule has 0 fully saturated rings. The van der Waals surface area contributed by atoms with Crippen LogP contribution in [0.1, 0.15) is 11.3 Å². The van der Waals surface area contributed by atoms with E-state index in [1.807, 2.05) is 6.92 Å². The summed E-state index contributed by atoms with van der Waals surface area (Å²) in [5, 5.41) is 11.9. The van der Waals surface area contributed by atoms with Crippen molar-refractivity contribution in [3.05, 3.63) is 17.5 Å². The van der Waals surface area contributed by atoms with Crippen molar-refractivity contribution in [2.24, 2.45) is 0 Å². The minimum absolute atomic E-state index is 0.0236. The highest BCUT2D eigenvalue weighted by molar-refractivity contribution is 5.28. The molecule has 0 amide bonds. The van der Waals surface area contributed by atoms with Crippen LogP contribution in [0.3, 0.4) is 0 Å².